The van der Waals surface area contributed by atoms with Crippen LogP contribution in [0, 0.1) is 11.8 Å². The van der Waals surface area contributed by atoms with Gasteiger partial charge in [-0.15, -0.1) is 0 Å². The topological polar surface area (TPSA) is 0 Å². The zero-order valence-electron chi connectivity index (χ0n) is 5.14. The lowest BCUT2D eigenvalue weighted by atomic mass is 9.69. The van der Waals surface area contributed by atoms with E-state index in [2.05, 4.69) is 12.2 Å². The maximum atomic E-state index is 2.41. The van der Waals surface area contributed by atoms with Crippen LogP contribution in [0.1, 0.15) is 25.7 Å². The van der Waals surface area contributed by atoms with Gasteiger partial charge in [0, 0.05) is 0 Å². The Kier molecular flexibility index (Phi) is 0.927. The smallest absolute Gasteiger partial charge is 0.0205 e. The fraction of sp³-hybridized carbons (Fsp3) is 0.750. The van der Waals surface area contributed by atoms with Gasteiger partial charge in [-0.05, 0) is 37.5 Å². The standard InChI is InChI=1S/C8H12/c1-2-4-8-6-5-7(8)3-1/h1,3,7-8H,2,4-6H2/t7?,8-/m1/s1. The number of rotatable bonds is 0. The van der Waals surface area contributed by atoms with Gasteiger partial charge in [-0.3, -0.25) is 0 Å². The largest absolute Gasteiger partial charge is 0.0882 e. The van der Waals surface area contributed by atoms with E-state index < -0.39 is 0 Å². The molecule has 2 atom stereocenters. The van der Waals surface area contributed by atoms with E-state index in [-0.39, 0.29) is 0 Å². The molecule has 2 rings (SSSR count). The second-order valence-corrected chi connectivity index (χ2v) is 3.01. The van der Waals surface area contributed by atoms with Crippen molar-refractivity contribution in [3.05, 3.63) is 12.2 Å². The number of fused-ring (bicyclic) bond motifs is 1. The highest BCUT2D eigenvalue weighted by Crippen LogP contribution is 2.40. The van der Waals surface area contributed by atoms with Gasteiger partial charge in [-0.25, -0.2) is 0 Å². The monoisotopic (exact) mass is 108 g/mol. The third-order valence-corrected chi connectivity index (χ3v) is 2.56. The van der Waals surface area contributed by atoms with Gasteiger partial charge in [0.1, 0.15) is 0 Å². The molecule has 0 heteroatoms. The Labute approximate surface area is 50.6 Å². The van der Waals surface area contributed by atoms with E-state index in [4.69, 9.17) is 0 Å². The van der Waals surface area contributed by atoms with Gasteiger partial charge in [-0.2, -0.15) is 0 Å². The zero-order chi connectivity index (χ0) is 5.40. The van der Waals surface area contributed by atoms with Crippen molar-refractivity contribution in [2.75, 3.05) is 0 Å². The molecule has 0 N–H and O–H groups in total. The molecule has 2 aliphatic carbocycles. The van der Waals surface area contributed by atoms with Crippen molar-refractivity contribution in [2.24, 2.45) is 11.8 Å². The molecule has 0 heterocycles. The van der Waals surface area contributed by atoms with Crippen molar-refractivity contribution in [3.63, 3.8) is 0 Å². The quantitative estimate of drug-likeness (QED) is 0.418. The van der Waals surface area contributed by atoms with Gasteiger partial charge < -0.3 is 0 Å². The van der Waals surface area contributed by atoms with Crippen molar-refractivity contribution in [3.8, 4) is 0 Å². The highest BCUT2D eigenvalue weighted by Gasteiger charge is 2.29. The lowest BCUT2D eigenvalue weighted by Gasteiger charge is -2.36. The summed E-state index contributed by atoms with van der Waals surface area (Å²) in [5.74, 6) is 2.10. The molecule has 44 valence electrons. The molecule has 0 saturated heterocycles. The molecular formula is C8H12. The van der Waals surface area contributed by atoms with Crippen molar-refractivity contribution in [1.82, 2.24) is 0 Å². The first-order chi connectivity index (χ1) is 3.97. The van der Waals surface area contributed by atoms with Gasteiger partial charge in [0.15, 0.2) is 0 Å². The van der Waals surface area contributed by atoms with Crippen molar-refractivity contribution >= 4 is 0 Å². The summed E-state index contributed by atoms with van der Waals surface area (Å²) in [6, 6.07) is 0. The van der Waals surface area contributed by atoms with Crippen molar-refractivity contribution < 1.29 is 0 Å². The van der Waals surface area contributed by atoms with Crippen LogP contribution in [0.2, 0.25) is 0 Å². The highest BCUT2D eigenvalue weighted by atomic mass is 14.3. The second-order valence-electron chi connectivity index (χ2n) is 3.01. The van der Waals surface area contributed by atoms with Gasteiger partial charge in [0.2, 0.25) is 0 Å². The summed E-state index contributed by atoms with van der Waals surface area (Å²) in [6.07, 6.45) is 10.6. The molecule has 0 aromatic rings. The SMILES string of the molecule is C1=CC2CC[C@H]2CC1. The average molecular weight is 108 g/mol. The number of hydrogen-bond donors (Lipinski definition) is 0. The summed E-state index contributed by atoms with van der Waals surface area (Å²) in [4.78, 5) is 0. The van der Waals surface area contributed by atoms with Gasteiger partial charge >= 0.3 is 0 Å². The molecule has 0 spiro atoms. The molecule has 0 aromatic carbocycles. The highest BCUT2D eigenvalue weighted by molar-refractivity contribution is 5.01. The van der Waals surface area contributed by atoms with Crippen LogP contribution in [0.3, 0.4) is 0 Å². The Balaban J connectivity index is 2.08. The minimum Gasteiger partial charge on any atom is -0.0882 e. The van der Waals surface area contributed by atoms with Crippen LogP contribution in [-0.4, -0.2) is 0 Å². The normalized spacial score (nSPS) is 43.0. The van der Waals surface area contributed by atoms with E-state index >= 15 is 0 Å². The van der Waals surface area contributed by atoms with Crippen molar-refractivity contribution in [1.29, 1.82) is 0 Å². The van der Waals surface area contributed by atoms with Crippen LogP contribution in [0.5, 0.6) is 0 Å². The maximum Gasteiger partial charge on any atom is -0.0205 e. The summed E-state index contributed by atoms with van der Waals surface area (Å²) in [7, 11) is 0. The van der Waals surface area contributed by atoms with E-state index in [0.29, 0.717) is 0 Å². The summed E-state index contributed by atoms with van der Waals surface area (Å²) in [5.41, 5.74) is 0. The van der Waals surface area contributed by atoms with E-state index in [1.165, 1.54) is 25.7 Å². The molecule has 2 aliphatic rings. The van der Waals surface area contributed by atoms with E-state index in [1.54, 1.807) is 0 Å². The molecule has 0 nitrogen and oxygen atoms in total. The molecule has 0 amide bonds. The van der Waals surface area contributed by atoms with Crippen LogP contribution >= 0.6 is 0 Å². The lowest BCUT2D eigenvalue weighted by Crippen LogP contribution is -2.25. The predicted octanol–water partition coefficient (Wildman–Crippen LogP) is 2.36. The molecular weight excluding hydrogens is 96.1 g/mol. The van der Waals surface area contributed by atoms with Crippen LogP contribution in [0.15, 0.2) is 12.2 Å². The summed E-state index contributed by atoms with van der Waals surface area (Å²) >= 11 is 0. The fourth-order valence-electron chi connectivity index (χ4n) is 1.79. The minimum atomic E-state index is 1.00. The van der Waals surface area contributed by atoms with Crippen LogP contribution in [0.25, 0.3) is 0 Å². The molecule has 1 unspecified atom stereocenters. The van der Waals surface area contributed by atoms with Crippen molar-refractivity contribution in [2.45, 2.75) is 25.7 Å². The molecule has 1 fully saturated rings. The van der Waals surface area contributed by atoms with Gasteiger partial charge in [0.05, 0.1) is 0 Å². The maximum absolute atomic E-state index is 2.41. The number of allylic oxidation sites excluding steroid dienone is 2. The third-order valence-electron chi connectivity index (χ3n) is 2.56. The van der Waals surface area contributed by atoms with Crippen LogP contribution in [-0.2, 0) is 0 Å². The minimum absolute atomic E-state index is 1.00. The first kappa shape index (κ1) is 4.60. The van der Waals surface area contributed by atoms with Gasteiger partial charge in [-0.1, -0.05) is 12.2 Å². The summed E-state index contributed by atoms with van der Waals surface area (Å²) in [5, 5.41) is 0. The Hall–Kier alpha value is -0.260. The Morgan fingerprint density at radius 3 is 2.50 bits per heavy atom. The Morgan fingerprint density at radius 1 is 1.12 bits per heavy atom. The lowest BCUT2D eigenvalue weighted by molar-refractivity contribution is 0.203. The van der Waals surface area contributed by atoms with Gasteiger partial charge in [0.25, 0.3) is 0 Å². The molecule has 0 aromatic heterocycles. The summed E-state index contributed by atoms with van der Waals surface area (Å²) in [6.45, 7) is 0. The molecule has 0 radical (unpaired) electrons. The number of hydrogen-bond acceptors (Lipinski definition) is 0. The Bertz CT molecular complexity index is 113. The first-order valence-corrected chi connectivity index (χ1v) is 3.63. The first-order valence-electron chi connectivity index (χ1n) is 3.63. The van der Waals surface area contributed by atoms with Crippen LogP contribution < -0.4 is 0 Å². The average Bonchev–Trinajstić information content (AvgIpc) is 1.72. The summed E-state index contributed by atoms with van der Waals surface area (Å²) < 4.78 is 0. The van der Waals surface area contributed by atoms with Crippen LogP contribution in [0.4, 0.5) is 0 Å². The molecule has 1 saturated carbocycles. The molecule has 0 aliphatic heterocycles. The second kappa shape index (κ2) is 1.61. The fourth-order valence-corrected chi connectivity index (χ4v) is 1.79. The zero-order valence-corrected chi connectivity index (χ0v) is 5.14. The Morgan fingerprint density at radius 2 is 2.12 bits per heavy atom. The van der Waals surface area contributed by atoms with E-state index in [1.807, 2.05) is 0 Å². The molecule has 0 bridgehead atoms. The van der Waals surface area contributed by atoms with E-state index in [9.17, 15) is 0 Å². The molecule has 8 heavy (non-hydrogen) atoms. The van der Waals surface area contributed by atoms with E-state index in [0.717, 1.165) is 11.8 Å². The third kappa shape index (κ3) is 0.521. The predicted molar refractivity (Wildman–Crippen MR) is 34.6 cm³/mol.